The van der Waals surface area contributed by atoms with Crippen LogP contribution in [0.2, 0.25) is 0 Å². The van der Waals surface area contributed by atoms with Crippen LogP contribution >= 0.6 is 0 Å². The van der Waals surface area contributed by atoms with Gasteiger partial charge in [0.05, 0.1) is 18.3 Å². The molecule has 0 N–H and O–H groups in total. The summed E-state index contributed by atoms with van der Waals surface area (Å²) in [4.78, 5) is 28.6. The molecule has 1 aromatic carbocycles. The summed E-state index contributed by atoms with van der Waals surface area (Å²) >= 11 is 0. The Bertz CT molecular complexity index is 933. The molecule has 1 amide bonds. The summed E-state index contributed by atoms with van der Waals surface area (Å²) in [6, 6.07) is 11.1. The number of fused-ring (bicyclic) bond motifs is 1. The first kappa shape index (κ1) is 16.7. The predicted molar refractivity (Wildman–Crippen MR) is 95.7 cm³/mol. The molecule has 0 saturated carbocycles. The van der Waals surface area contributed by atoms with Gasteiger partial charge in [0.1, 0.15) is 5.76 Å². The minimum absolute atomic E-state index is 0.0693. The van der Waals surface area contributed by atoms with E-state index in [1.54, 1.807) is 12.3 Å². The molecule has 1 saturated heterocycles. The van der Waals surface area contributed by atoms with Gasteiger partial charge in [0, 0.05) is 39.1 Å². The fourth-order valence-electron chi connectivity index (χ4n) is 3.37. The summed E-state index contributed by atoms with van der Waals surface area (Å²) in [6.45, 7) is 4.13. The molecule has 0 atom stereocenters. The van der Waals surface area contributed by atoms with Crippen LogP contribution in [0.4, 0.5) is 0 Å². The number of piperazine rings is 1. The Morgan fingerprint density at radius 1 is 1.04 bits per heavy atom. The second-order valence-corrected chi connectivity index (χ2v) is 6.47. The normalized spacial score (nSPS) is 15.6. The molecular weight excluding hydrogens is 334 g/mol. The van der Waals surface area contributed by atoms with Gasteiger partial charge in [-0.15, -0.1) is 0 Å². The average molecular weight is 355 g/mol. The van der Waals surface area contributed by atoms with Crippen LogP contribution < -0.4 is 5.76 Å². The van der Waals surface area contributed by atoms with Crippen LogP contribution in [-0.2, 0) is 17.9 Å². The van der Waals surface area contributed by atoms with Crippen LogP contribution in [-0.4, -0.2) is 46.5 Å². The lowest BCUT2D eigenvalue weighted by molar-refractivity contribution is -0.133. The van der Waals surface area contributed by atoms with Crippen molar-refractivity contribution in [2.24, 2.45) is 0 Å². The lowest BCUT2D eigenvalue weighted by atomic mass is 10.2. The first-order chi connectivity index (χ1) is 12.7. The molecule has 0 bridgehead atoms. The Balaban J connectivity index is 1.31. The van der Waals surface area contributed by atoms with Gasteiger partial charge in [-0.25, -0.2) is 4.79 Å². The Hall–Kier alpha value is -2.80. The summed E-state index contributed by atoms with van der Waals surface area (Å²) in [7, 11) is 0. The van der Waals surface area contributed by atoms with Crippen molar-refractivity contribution in [3.8, 4) is 0 Å². The number of hydrogen-bond donors (Lipinski definition) is 0. The van der Waals surface area contributed by atoms with E-state index < -0.39 is 5.76 Å². The van der Waals surface area contributed by atoms with E-state index in [4.69, 9.17) is 8.83 Å². The molecule has 136 valence electrons. The molecule has 0 unspecified atom stereocenters. The quantitative estimate of drug-likeness (QED) is 0.699. The minimum Gasteiger partial charge on any atom is -0.468 e. The number of furan rings is 1. The van der Waals surface area contributed by atoms with Gasteiger partial charge >= 0.3 is 5.76 Å². The van der Waals surface area contributed by atoms with E-state index in [0.717, 1.165) is 30.9 Å². The van der Waals surface area contributed by atoms with Crippen LogP contribution in [0, 0.1) is 0 Å². The SMILES string of the molecule is O=C(CCn1c(=O)oc2ccccc21)N1CCN(Cc2ccco2)CC1. The van der Waals surface area contributed by atoms with Crippen molar-refractivity contribution in [1.82, 2.24) is 14.4 Å². The number of para-hydroxylation sites is 2. The molecule has 1 aliphatic rings. The van der Waals surface area contributed by atoms with Crippen molar-refractivity contribution < 1.29 is 13.6 Å². The highest BCUT2D eigenvalue weighted by Crippen LogP contribution is 2.13. The van der Waals surface area contributed by atoms with Gasteiger partial charge in [-0.2, -0.15) is 0 Å². The van der Waals surface area contributed by atoms with E-state index in [1.807, 2.05) is 35.2 Å². The maximum Gasteiger partial charge on any atom is 0.419 e. The lowest BCUT2D eigenvalue weighted by Crippen LogP contribution is -2.48. The molecule has 1 aliphatic heterocycles. The van der Waals surface area contributed by atoms with Gasteiger partial charge in [0.25, 0.3) is 0 Å². The maximum atomic E-state index is 12.5. The van der Waals surface area contributed by atoms with Crippen LogP contribution in [0.1, 0.15) is 12.2 Å². The van der Waals surface area contributed by atoms with Crippen molar-refractivity contribution >= 4 is 17.0 Å². The van der Waals surface area contributed by atoms with E-state index in [0.29, 0.717) is 31.6 Å². The molecule has 1 fully saturated rings. The number of aryl methyl sites for hydroxylation is 1. The van der Waals surface area contributed by atoms with Crippen LogP contribution in [0.3, 0.4) is 0 Å². The topological polar surface area (TPSA) is 71.8 Å². The zero-order valence-corrected chi connectivity index (χ0v) is 14.5. The molecule has 7 heteroatoms. The minimum atomic E-state index is -0.415. The van der Waals surface area contributed by atoms with Gasteiger partial charge in [-0.1, -0.05) is 12.1 Å². The van der Waals surface area contributed by atoms with Crippen molar-refractivity contribution in [1.29, 1.82) is 0 Å². The van der Waals surface area contributed by atoms with E-state index in [9.17, 15) is 9.59 Å². The number of oxazole rings is 1. The molecule has 0 radical (unpaired) electrons. The molecule has 4 rings (SSSR count). The van der Waals surface area contributed by atoms with E-state index in [2.05, 4.69) is 4.90 Å². The van der Waals surface area contributed by atoms with Gasteiger partial charge < -0.3 is 13.7 Å². The highest BCUT2D eigenvalue weighted by Gasteiger charge is 2.22. The van der Waals surface area contributed by atoms with Crippen LogP contribution in [0.5, 0.6) is 0 Å². The lowest BCUT2D eigenvalue weighted by Gasteiger charge is -2.34. The maximum absolute atomic E-state index is 12.5. The molecular formula is C19H21N3O4. The molecule has 3 heterocycles. The van der Waals surface area contributed by atoms with Crippen molar-refractivity contribution in [2.45, 2.75) is 19.5 Å². The van der Waals surface area contributed by atoms with E-state index in [1.165, 1.54) is 4.57 Å². The highest BCUT2D eigenvalue weighted by atomic mass is 16.4. The summed E-state index contributed by atoms with van der Waals surface area (Å²) in [5.74, 6) is 0.595. The Morgan fingerprint density at radius 2 is 1.85 bits per heavy atom. The number of benzene rings is 1. The largest absolute Gasteiger partial charge is 0.468 e. The van der Waals surface area contributed by atoms with Gasteiger partial charge in [-0.3, -0.25) is 14.3 Å². The first-order valence-electron chi connectivity index (χ1n) is 8.81. The summed E-state index contributed by atoms with van der Waals surface area (Å²) < 4.78 is 12.1. The Kier molecular flexibility index (Phi) is 4.62. The number of carbonyl (C=O) groups is 1. The van der Waals surface area contributed by atoms with Crippen molar-refractivity contribution in [2.75, 3.05) is 26.2 Å². The predicted octanol–water partition coefficient (Wildman–Crippen LogP) is 1.92. The molecule has 26 heavy (non-hydrogen) atoms. The standard InChI is InChI=1S/C19H21N3O4/c23-18(7-8-22-16-5-1-2-6-17(16)26-19(22)24)21-11-9-20(10-12-21)14-15-4-3-13-25-15/h1-6,13H,7-12,14H2. The highest BCUT2D eigenvalue weighted by molar-refractivity contribution is 5.77. The van der Waals surface area contributed by atoms with Crippen LogP contribution in [0.15, 0.2) is 56.3 Å². The first-order valence-corrected chi connectivity index (χ1v) is 8.81. The number of aromatic nitrogens is 1. The number of carbonyl (C=O) groups excluding carboxylic acids is 1. The molecule has 0 spiro atoms. The molecule has 7 nitrogen and oxygen atoms in total. The molecule has 3 aromatic rings. The van der Waals surface area contributed by atoms with Crippen LogP contribution in [0.25, 0.3) is 11.1 Å². The molecule has 2 aromatic heterocycles. The fraction of sp³-hybridized carbons (Fsp3) is 0.368. The smallest absolute Gasteiger partial charge is 0.419 e. The zero-order chi connectivity index (χ0) is 17.9. The monoisotopic (exact) mass is 355 g/mol. The summed E-state index contributed by atoms with van der Waals surface area (Å²) in [5.41, 5.74) is 1.28. The number of rotatable bonds is 5. The summed E-state index contributed by atoms with van der Waals surface area (Å²) in [6.07, 6.45) is 1.97. The Labute approximate surface area is 150 Å². The summed E-state index contributed by atoms with van der Waals surface area (Å²) in [5, 5.41) is 0. The Morgan fingerprint density at radius 3 is 2.62 bits per heavy atom. The third kappa shape index (κ3) is 3.43. The second kappa shape index (κ2) is 7.21. The van der Waals surface area contributed by atoms with Crippen molar-refractivity contribution in [3.63, 3.8) is 0 Å². The fourth-order valence-corrected chi connectivity index (χ4v) is 3.37. The number of amides is 1. The van der Waals surface area contributed by atoms with E-state index in [-0.39, 0.29) is 5.91 Å². The zero-order valence-electron chi connectivity index (χ0n) is 14.5. The van der Waals surface area contributed by atoms with Gasteiger partial charge in [0.15, 0.2) is 5.58 Å². The van der Waals surface area contributed by atoms with Gasteiger partial charge in [-0.05, 0) is 24.3 Å². The second-order valence-electron chi connectivity index (χ2n) is 6.47. The van der Waals surface area contributed by atoms with E-state index >= 15 is 0 Å². The average Bonchev–Trinajstić information content (AvgIpc) is 3.27. The third-order valence-electron chi connectivity index (χ3n) is 4.81. The van der Waals surface area contributed by atoms with Gasteiger partial charge in [0.2, 0.25) is 5.91 Å². The van der Waals surface area contributed by atoms with Crippen molar-refractivity contribution in [3.05, 3.63) is 59.0 Å². The number of nitrogens with zero attached hydrogens (tertiary/aromatic N) is 3. The number of hydrogen-bond acceptors (Lipinski definition) is 5. The molecule has 0 aliphatic carbocycles. The third-order valence-corrected chi connectivity index (χ3v) is 4.81.